The van der Waals surface area contributed by atoms with Gasteiger partial charge in [-0.15, -0.1) is 0 Å². The Morgan fingerprint density at radius 1 is 0.900 bits per heavy atom. The quantitative estimate of drug-likeness (QED) is 0.672. The second-order valence-electron chi connectivity index (χ2n) is 7.63. The second-order valence-corrected chi connectivity index (χ2v) is 9.60. The number of ether oxygens (including phenoxy) is 1. The molecule has 3 rings (SSSR count). The number of hydrogen-bond acceptors (Lipinski definition) is 6. The molecule has 30 heavy (non-hydrogen) atoms. The Balaban J connectivity index is 1.55. The van der Waals surface area contributed by atoms with Gasteiger partial charge < -0.3 is 19.4 Å². The smallest absolute Gasteiger partial charge is 0.409 e. The van der Waals surface area contributed by atoms with Crippen molar-refractivity contribution in [1.29, 1.82) is 0 Å². The lowest BCUT2D eigenvalue weighted by Crippen LogP contribution is -2.50. The average molecular weight is 439 g/mol. The molecule has 1 aromatic carbocycles. The van der Waals surface area contributed by atoms with Gasteiger partial charge in [-0.2, -0.15) is 4.31 Å². The van der Waals surface area contributed by atoms with E-state index in [-0.39, 0.29) is 17.8 Å². The zero-order valence-electron chi connectivity index (χ0n) is 17.6. The van der Waals surface area contributed by atoms with Crippen molar-refractivity contribution >= 4 is 22.0 Å². The molecule has 0 atom stereocenters. The molecule has 2 aliphatic heterocycles. The number of hydrogen-bond donors (Lipinski definition) is 0. The molecule has 2 fully saturated rings. The van der Waals surface area contributed by atoms with Gasteiger partial charge in [0.05, 0.1) is 12.4 Å². The highest BCUT2D eigenvalue weighted by Gasteiger charge is 2.27. The third-order valence-electron chi connectivity index (χ3n) is 5.50. The van der Waals surface area contributed by atoms with Gasteiger partial charge in [-0.3, -0.25) is 4.79 Å². The van der Waals surface area contributed by atoms with Crippen LogP contribution in [0.5, 0.6) is 0 Å². The molecule has 0 saturated carbocycles. The number of likely N-dealkylation sites (N-methyl/N-ethyl adjacent to an activating group) is 1. The Morgan fingerprint density at radius 2 is 1.47 bits per heavy atom. The Labute approximate surface area is 178 Å². The van der Waals surface area contributed by atoms with Crippen LogP contribution in [0.1, 0.15) is 22.8 Å². The standard InChI is InChI=1S/C20H30N4O5S/c1-3-29-20(26)23-12-10-22(11-13-23)19(25)18-6-4-17(5-7-18)16-30(27,28)24-14-8-21(2)9-15-24/h4-7H,3,8-16H2,1-2H3. The van der Waals surface area contributed by atoms with Crippen molar-refractivity contribution in [2.24, 2.45) is 0 Å². The molecule has 0 radical (unpaired) electrons. The van der Waals surface area contributed by atoms with Gasteiger partial charge >= 0.3 is 6.09 Å². The van der Waals surface area contributed by atoms with Crippen molar-refractivity contribution in [1.82, 2.24) is 19.0 Å². The number of carbonyl (C=O) groups excluding carboxylic acids is 2. The molecular weight excluding hydrogens is 408 g/mol. The summed E-state index contributed by atoms with van der Waals surface area (Å²) in [6.07, 6.45) is -0.351. The first-order valence-electron chi connectivity index (χ1n) is 10.3. The van der Waals surface area contributed by atoms with E-state index in [9.17, 15) is 18.0 Å². The molecular formula is C20H30N4O5S. The van der Waals surface area contributed by atoms with Crippen LogP contribution in [0.2, 0.25) is 0 Å². The summed E-state index contributed by atoms with van der Waals surface area (Å²) in [5.41, 5.74) is 1.18. The topological polar surface area (TPSA) is 90.5 Å². The fourth-order valence-corrected chi connectivity index (χ4v) is 5.12. The molecule has 0 aromatic heterocycles. The lowest BCUT2D eigenvalue weighted by Gasteiger charge is -2.34. The van der Waals surface area contributed by atoms with E-state index in [1.807, 2.05) is 7.05 Å². The Morgan fingerprint density at radius 3 is 2.03 bits per heavy atom. The van der Waals surface area contributed by atoms with Crippen LogP contribution in [-0.2, 0) is 20.5 Å². The Bertz CT molecular complexity index is 842. The summed E-state index contributed by atoms with van der Waals surface area (Å²) in [5.74, 6) is -0.185. The molecule has 0 aliphatic carbocycles. The summed E-state index contributed by atoms with van der Waals surface area (Å²) < 4.78 is 31.8. The molecule has 166 valence electrons. The number of carbonyl (C=O) groups is 2. The number of piperazine rings is 2. The van der Waals surface area contributed by atoms with Gasteiger partial charge in [-0.1, -0.05) is 12.1 Å². The normalized spacial score (nSPS) is 19.0. The van der Waals surface area contributed by atoms with Gasteiger partial charge in [-0.25, -0.2) is 13.2 Å². The lowest BCUT2D eigenvalue weighted by atomic mass is 10.1. The molecule has 10 heteroatoms. The molecule has 0 spiro atoms. The van der Waals surface area contributed by atoms with Gasteiger partial charge in [0.1, 0.15) is 0 Å². The van der Waals surface area contributed by atoms with Crippen LogP contribution in [0.3, 0.4) is 0 Å². The molecule has 0 N–H and O–H groups in total. The monoisotopic (exact) mass is 438 g/mol. The van der Waals surface area contributed by atoms with Crippen LogP contribution in [0.25, 0.3) is 0 Å². The lowest BCUT2D eigenvalue weighted by molar-refractivity contribution is 0.0570. The van der Waals surface area contributed by atoms with E-state index in [1.54, 1.807) is 41.0 Å². The first-order chi connectivity index (χ1) is 14.3. The molecule has 0 bridgehead atoms. The van der Waals surface area contributed by atoms with Crippen molar-refractivity contribution in [3.63, 3.8) is 0 Å². The highest BCUT2D eigenvalue weighted by Crippen LogP contribution is 2.16. The summed E-state index contributed by atoms with van der Waals surface area (Å²) in [5, 5.41) is 0. The molecule has 2 aliphatic rings. The third kappa shape index (κ3) is 5.50. The molecule has 2 saturated heterocycles. The summed E-state index contributed by atoms with van der Waals surface area (Å²) in [7, 11) is -1.39. The summed E-state index contributed by atoms with van der Waals surface area (Å²) in [6, 6.07) is 6.76. The maximum Gasteiger partial charge on any atom is 0.409 e. The van der Waals surface area contributed by atoms with E-state index in [0.717, 1.165) is 13.1 Å². The fourth-order valence-electron chi connectivity index (χ4n) is 3.60. The highest BCUT2D eigenvalue weighted by molar-refractivity contribution is 7.88. The molecule has 0 unspecified atom stereocenters. The van der Waals surface area contributed by atoms with Gasteiger partial charge in [0, 0.05) is 57.9 Å². The maximum absolute atomic E-state index is 12.7. The SMILES string of the molecule is CCOC(=O)N1CCN(C(=O)c2ccc(CS(=O)(=O)N3CCN(C)CC3)cc2)CC1. The number of nitrogens with zero attached hydrogens (tertiary/aromatic N) is 4. The summed E-state index contributed by atoms with van der Waals surface area (Å²) in [6.45, 7) is 6.32. The van der Waals surface area contributed by atoms with Crippen LogP contribution in [0.15, 0.2) is 24.3 Å². The van der Waals surface area contributed by atoms with Crippen LogP contribution in [0.4, 0.5) is 4.79 Å². The Kier molecular flexibility index (Phi) is 7.32. The number of amides is 2. The van der Waals surface area contributed by atoms with E-state index < -0.39 is 10.0 Å². The van der Waals surface area contributed by atoms with Crippen LogP contribution < -0.4 is 0 Å². The van der Waals surface area contributed by atoms with E-state index in [0.29, 0.717) is 57.0 Å². The van der Waals surface area contributed by atoms with Crippen molar-refractivity contribution in [3.8, 4) is 0 Å². The fraction of sp³-hybridized carbons (Fsp3) is 0.600. The van der Waals surface area contributed by atoms with Crippen molar-refractivity contribution in [3.05, 3.63) is 35.4 Å². The Hall–Kier alpha value is -2.17. The van der Waals surface area contributed by atoms with Crippen LogP contribution in [0, 0.1) is 0 Å². The number of sulfonamides is 1. The predicted molar refractivity (Wildman–Crippen MR) is 113 cm³/mol. The minimum atomic E-state index is -3.37. The van der Waals surface area contributed by atoms with E-state index in [2.05, 4.69) is 4.90 Å². The number of benzene rings is 1. The van der Waals surface area contributed by atoms with E-state index in [4.69, 9.17) is 4.74 Å². The first kappa shape index (κ1) is 22.5. The molecule has 2 amide bonds. The molecule has 1 aromatic rings. The minimum absolute atomic E-state index is 0.0661. The van der Waals surface area contributed by atoms with Crippen molar-refractivity contribution in [2.45, 2.75) is 12.7 Å². The van der Waals surface area contributed by atoms with Gasteiger partial charge in [0.25, 0.3) is 5.91 Å². The van der Waals surface area contributed by atoms with Crippen molar-refractivity contribution < 1.29 is 22.7 Å². The largest absolute Gasteiger partial charge is 0.450 e. The predicted octanol–water partition coefficient (Wildman–Crippen LogP) is 0.678. The summed E-state index contributed by atoms with van der Waals surface area (Å²) >= 11 is 0. The molecule has 2 heterocycles. The zero-order valence-corrected chi connectivity index (χ0v) is 18.4. The zero-order chi connectivity index (χ0) is 21.7. The van der Waals surface area contributed by atoms with Gasteiger partial charge in [0.2, 0.25) is 10.0 Å². The van der Waals surface area contributed by atoms with E-state index in [1.165, 1.54) is 4.31 Å². The van der Waals surface area contributed by atoms with Crippen LogP contribution in [-0.4, -0.2) is 105 Å². The minimum Gasteiger partial charge on any atom is -0.450 e. The van der Waals surface area contributed by atoms with Gasteiger partial charge in [0.15, 0.2) is 0 Å². The van der Waals surface area contributed by atoms with Gasteiger partial charge in [-0.05, 0) is 31.7 Å². The van der Waals surface area contributed by atoms with Crippen LogP contribution >= 0.6 is 0 Å². The van der Waals surface area contributed by atoms with Crippen molar-refractivity contribution in [2.75, 3.05) is 66.0 Å². The second kappa shape index (κ2) is 9.76. The number of rotatable bonds is 5. The summed E-state index contributed by atoms with van der Waals surface area (Å²) in [4.78, 5) is 29.9. The maximum atomic E-state index is 12.7. The first-order valence-corrected chi connectivity index (χ1v) is 11.9. The third-order valence-corrected chi connectivity index (χ3v) is 7.35. The average Bonchev–Trinajstić information content (AvgIpc) is 2.74. The van der Waals surface area contributed by atoms with E-state index >= 15 is 0 Å². The highest BCUT2D eigenvalue weighted by atomic mass is 32.2. The molecule has 9 nitrogen and oxygen atoms in total.